The lowest BCUT2D eigenvalue weighted by atomic mass is 9.99. The Morgan fingerprint density at radius 3 is 2.82 bits per heavy atom. The van der Waals surface area contributed by atoms with Gasteiger partial charge < -0.3 is 14.8 Å². The van der Waals surface area contributed by atoms with E-state index in [0.29, 0.717) is 25.2 Å². The summed E-state index contributed by atoms with van der Waals surface area (Å²) in [5.41, 5.74) is 2.84. The molecule has 1 atom stereocenters. The van der Waals surface area contributed by atoms with Gasteiger partial charge in [-0.2, -0.15) is 0 Å². The first kappa shape index (κ1) is 17.9. The lowest BCUT2D eigenvalue weighted by molar-refractivity contribution is -0.130. The normalized spacial score (nSPS) is 16.4. The van der Waals surface area contributed by atoms with Crippen molar-refractivity contribution in [1.82, 2.24) is 14.5 Å². The molecular weight excluding hydrogens is 354 g/mol. The van der Waals surface area contributed by atoms with E-state index < -0.39 is 5.92 Å². The monoisotopic (exact) mass is 375 g/mol. The number of nitrogens with one attached hydrogen (secondary N) is 1. The van der Waals surface area contributed by atoms with Crippen LogP contribution in [-0.4, -0.2) is 33.4 Å². The molecule has 1 N–H and O–H groups in total. The highest BCUT2D eigenvalue weighted by atomic mass is 16.2. The summed E-state index contributed by atoms with van der Waals surface area (Å²) in [4.78, 5) is 35.7. The predicted molar refractivity (Wildman–Crippen MR) is 106 cm³/mol. The molecule has 7 nitrogen and oxygen atoms in total. The van der Waals surface area contributed by atoms with Crippen LogP contribution in [0.3, 0.4) is 0 Å². The number of fused-ring (bicyclic) bond motifs is 1. The first-order chi connectivity index (χ1) is 13.6. The number of benzene rings is 1. The lowest BCUT2D eigenvalue weighted by Crippen LogP contribution is -2.38. The van der Waals surface area contributed by atoms with Gasteiger partial charge in [0.05, 0.1) is 18.6 Å². The maximum absolute atomic E-state index is 12.8. The molecule has 0 aliphatic carbocycles. The summed E-state index contributed by atoms with van der Waals surface area (Å²) in [6, 6.07) is 13.5. The summed E-state index contributed by atoms with van der Waals surface area (Å²) in [6.45, 7) is 0.560. The summed E-state index contributed by atoms with van der Waals surface area (Å²) < 4.78 is 1.84. The number of imidazole rings is 1. The quantitative estimate of drug-likeness (QED) is 0.711. The van der Waals surface area contributed by atoms with E-state index in [1.165, 1.54) is 0 Å². The largest absolute Gasteiger partial charge is 0.329 e. The Labute approximate surface area is 163 Å². The number of carbonyl (C=O) groups is 2. The van der Waals surface area contributed by atoms with Gasteiger partial charge in [0.15, 0.2) is 5.82 Å². The van der Waals surface area contributed by atoms with Crippen LogP contribution >= 0.6 is 0 Å². The van der Waals surface area contributed by atoms with Crippen molar-refractivity contribution in [2.45, 2.75) is 19.4 Å². The molecule has 0 bridgehead atoms. The van der Waals surface area contributed by atoms with Crippen molar-refractivity contribution >= 4 is 23.3 Å². The van der Waals surface area contributed by atoms with Crippen LogP contribution in [0.1, 0.15) is 17.7 Å². The maximum Gasteiger partial charge on any atom is 0.239 e. The SMILES string of the molecule is CN1C(=O)C(C(=O)Nc2cn(Cc3ccccn3)cn2)CCc2ccccc21. The number of nitrogens with zero attached hydrogens (tertiary/aromatic N) is 4. The third-order valence-corrected chi connectivity index (χ3v) is 4.96. The Morgan fingerprint density at radius 1 is 1.18 bits per heavy atom. The van der Waals surface area contributed by atoms with E-state index >= 15 is 0 Å². The molecule has 3 aromatic rings. The van der Waals surface area contributed by atoms with E-state index in [0.717, 1.165) is 16.9 Å². The van der Waals surface area contributed by atoms with Gasteiger partial charge >= 0.3 is 0 Å². The Hall–Kier alpha value is -3.48. The molecule has 7 heteroatoms. The fraction of sp³-hybridized carbons (Fsp3) is 0.238. The highest BCUT2D eigenvalue weighted by molar-refractivity contribution is 6.11. The van der Waals surface area contributed by atoms with E-state index in [1.807, 2.05) is 47.0 Å². The number of anilines is 2. The highest BCUT2D eigenvalue weighted by Crippen LogP contribution is 2.28. The van der Waals surface area contributed by atoms with Gasteiger partial charge in [-0.1, -0.05) is 24.3 Å². The Bertz CT molecular complexity index is 999. The van der Waals surface area contributed by atoms with Crippen LogP contribution in [0.15, 0.2) is 61.2 Å². The van der Waals surface area contributed by atoms with Crippen molar-refractivity contribution in [3.05, 3.63) is 72.4 Å². The van der Waals surface area contributed by atoms with Crippen LogP contribution in [0.2, 0.25) is 0 Å². The Balaban J connectivity index is 1.45. The second-order valence-electron chi connectivity index (χ2n) is 6.86. The first-order valence-corrected chi connectivity index (χ1v) is 9.20. The van der Waals surface area contributed by atoms with Crippen molar-refractivity contribution in [3.8, 4) is 0 Å². The first-order valence-electron chi connectivity index (χ1n) is 9.20. The molecule has 28 heavy (non-hydrogen) atoms. The fourth-order valence-electron chi connectivity index (χ4n) is 3.47. The molecule has 2 aromatic heterocycles. The van der Waals surface area contributed by atoms with Gasteiger partial charge in [-0.15, -0.1) is 0 Å². The minimum Gasteiger partial charge on any atom is -0.329 e. The molecule has 0 radical (unpaired) electrons. The standard InChI is InChI=1S/C21H21N5O2/c1-25-18-8-3-2-6-15(18)9-10-17(21(25)28)20(27)24-19-13-26(14-23-19)12-16-7-4-5-11-22-16/h2-8,11,13-14,17H,9-10,12H2,1H3,(H,24,27). The van der Waals surface area contributed by atoms with E-state index in [1.54, 1.807) is 30.7 Å². The fourth-order valence-corrected chi connectivity index (χ4v) is 3.47. The average Bonchev–Trinajstić information content (AvgIpc) is 3.10. The van der Waals surface area contributed by atoms with E-state index in [4.69, 9.17) is 0 Å². The molecule has 1 aliphatic rings. The van der Waals surface area contributed by atoms with Crippen LogP contribution in [0.4, 0.5) is 11.5 Å². The molecular formula is C21H21N5O2. The summed E-state index contributed by atoms with van der Waals surface area (Å²) in [5, 5.41) is 2.78. The number of aromatic nitrogens is 3. The van der Waals surface area contributed by atoms with Crippen molar-refractivity contribution in [3.63, 3.8) is 0 Å². The molecule has 0 saturated carbocycles. The number of para-hydroxylation sites is 1. The summed E-state index contributed by atoms with van der Waals surface area (Å²) in [5.74, 6) is -0.834. The van der Waals surface area contributed by atoms with Crippen molar-refractivity contribution < 1.29 is 9.59 Å². The van der Waals surface area contributed by atoms with Gasteiger partial charge in [0.2, 0.25) is 11.8 Å². The Kier molecular flexibility index (Phi) is 4.89. The lowest BCUT2D eigenvalue weighted by Gasteiger charge is -2.20. The van der Waals surface area contributed by atoms with E-state index in [9.17, 15) is 9.59 Å². The number of hydrogen-bond acceptors (Lipinski definition) is 4. The zero-order chi connectivity index (χ0) is 19.5. The van der Waals surface area contributed by atoms with Gasteiger partial charge in [0, 0.05) is 25.1 Å². The Morgan fingerprint density at radius 2 is 2.00 bits per heavy atom. The number of rotatable bonds is 4. The van der Waals surface area contributed by atoms with Crippen LogP contribution in [-0.2, 0) is 22.6 Å². The third-order valence-electron chi connectivity index (χ3n) is 4.96. The third kappa shape index (κ3) is 3.64. The number of pyridine rings is 1. The van der Waals surface area contributed by atoms with Crippen molar-refractivity contribution in [2.24, 2.45) is 5.92 Å². The number of amides is 2. The van der Waals surface area contributed by atoms with Gasteiger partial charge in [-0.05, 0) is 36.6 Å². The van der Waals surface area contributed by atoms with Crippen LogP contribution in [0.25, 0.3) is 0 Å². The molecule has 4 rings (SSSR count). The van der Waals surface area contributed by atoms with Crippen LogP contribution in [0, 0.1) is 5.92 Å². The zero-order valence-corrected chi connectivity index (χ0v) is 15.6. The van der Waals surface area contributed by atoms with Gasteiger partial charge in [-0.3, -0.25) is 14.6 Å². The minimum absolute atomic E-state index is 0.199. The highest BCUT2D eigenvalue weighted by Gasteiger charge is 2.33. The second-order valence-corrected chi connectivity index (χ2v) is 6.86. The van der Waals surface area contributed by atoms with Gasteiger partial charge in [0.25, 0.3) is 0 Å². The van der Waals surface area contributed by atoms with Crippen molar-refractivity contribution in [1.29, 1.82) is 0 Å². The smallest absolute Gasteiger partial charge is 0.239 e. The summed E-state index contributed by atoms with van der Waals surface area (Å²) >= 11 is 0. The van der Waals surface area contributed by atoms with Crippen LogP contribution < -0.4 is 10.2 Å². The number of carbonyl (C=O) groups excluding carboxylic acids is 2. The summed E-state index contributed by atoms with van der Waals surface area (Å²) in [6.07, 6.45) is 6.27. The van der Waals surface area contributed by atoms with Crippen LogP contribution in [0.5, 0.6) is 0 Å². The molecule has 1 aliphatic heterocycles. The second kappa shape index (κ2) is 7.64. The molecule has 142 valence electrons. The van der Waals surface area contributed by atoms with Crippen molar-refractivity contribution in [2.75, 3.05) is 17.3 Å². The molecule has 2 amide bonds. The zero-order valence-electron chi connectivity index (χ0n) is 15.6. The van der Waals surface area contributed by atoms with Gasteiger partial charge in [0.1, 0.15) is 5.92 Å². The summed E-state index contributed by atoms with van der Waals surface area (Å²) in [7, 11) is 1.72. The average molecular weight is 375 g/mol. The topological polar surface area (TPSA) is 80.1 Å². The van der Waals surface area contributed by atoms with E-state index in [2.05, 4.69) is 15.3 Å². The number of hydrogen-bond donors (Lipinski definition) is 1. The molecule has 0 saturated heterocycles. The minimum atomic E-state index is -0.738. The maximum atomic E-state index is 12.8. The molecule has 1 aromatic carbocycles. The molecule has 1 unspecified atom stereocenters. The number of aryl methyl sites for hydroxylation is 1. The molecule has 3 heterocycles. The van der Waals surface area contributed by atoms with Gasteiger partial charge in [-0.25, -0.2) is 4.98 Å². The predicted octanol–water partition coefficient (Wildman–Crippen LogP) is 2.49. The molecule has 0 spiro atoms. The van der Waals surface area contributed by atoms with E-state index in [-0.39, 0.29) is 11.8 Å². The molecule has 0 fully saturated rings.